The number of hydrogen-bond donors (Lipinski definition) is 3. The molecule has 1 aromatic rings. The summed E-state index contributed by atoms with van der Waals surface area (Å²) in [7, 11) is 0. The Hall–Kier alpha value is -1.06. The van der Waals surface area contributed by atoms with Gasteiger partial charge in [0, 0.05) is 25.2 Å². The first-order valence-corrected chi connectivity index (χ1v) is 10.0. The average Bonchev–Trinajstić information content (AvgIpc) is 3.12. The van der Waals surface area contributed by atoms with Crippen LogP contribution in [0.3, 0.4) is 0 Å². The largest absolute Gasteiger partial charge is 0.491 e. The third kappa shape index (κ3) is 7.75. The lowest BCUT2D eigenvalue weighted by Crippen LogP contribution is -2.40. The van der Waals surface area contributed by atoms with Crippen molar-refractivity contribution >= 4 is 29.9 Å². The minimum Gasteiger partial charge on any atom is -0.491 e. The molecule has 1 fully saturated rings. The van der Waals surface area contributed by atoms with Crippen LogP contribution in [0.5, 0.6) is 5.75 Å². The van der Waals surface area contributed by atoms with Gasteiger partial charge in [0.1, 0.15) is 12.4 Å². The first-order valence-electron chi connectivity index (χ1n) is 10.0. The maximum absolute atomic E-state index is 9.35. The molecular weight excluding hydrogens is 469 g/mol. The van der Waals surface area contributed by atoms with Gasteiger partial charge in [-0.1, -0.05) is 32.0 Å². The van der Waals surface area contributed by atoms with Crippen molar-refractivity contribution in [3.05, 3.63) is 29.8 Å². The van der Waals surface area contributed by atoms with Gasteiger partial charge in [0.15, 0.2) is 5.96 Å². The van der Waals surface area contributed by atoms with E-state index in [1.54, 1.807) is 0 Å². The van der Waals surface area contributed by atoms with Crippen LogP contribution in [0.15, 0.2) is 29.3 Å². The molecule has 1 saturated heterocycles. The summed E-state index contributed by atoms with van der Waals surface area (Å²) < 4.78 is 11.5. The third-order valence-corrected chi connectivity index (χ3v) is 4.94. The van der Waals surface area contributed by atoms with Crippen molar-refractivity contribution in [3.63, 3.8) is 0 Å². The molecule has 28 heavy (non-hydrogen) atoms. The lowest BCUT2D eigenvalue weighted by Gasteiger charge is -2.24. The summed E-state index contributed by atoms with van der Waals surface area (Å²) in [5, 5.41) is 16.0. The molecule has 7 heteroatoms. The van der Waals surface area contributed by atoms with E-state index in [0.717, 1.165) is 37.7 Å². The van der Waals surface area contributed by atoms with Gasteiger partial charge in [-0.2, -0.15) is 0 Å². The zero-order valence-corrected chi connectivity index (χ0v) is 19.7. The van der Waals surface area contributed by atoms with Gasteiger partial charge in [-0.15, -0.1) is 24.0 Å². The first-order chi connectivity index (χ1) is 13.1. The highest BCUT2D eigenvalue weighted by molar-refractivity contribution is 14.0. The molecule has 1 aliphatic heterocycles. The molecule has 0 aromatic heterocycles. The van der Waals surface area contributed by atoms with Gasteiger partial charge in [-0.25, -0.2) is 0 Å². The summed E-state index contributed by atoms with van der Waals surface area (Å²) in [6, 6.07) is 8.19. The number of rotatable bonds is 10. The number of nitrogens with one attached hydrogen (secondary N) is 2. The molecule has 0 amide bonds. The molecule has 0 bridgehead atoms. The molecule has 1 aromatic carbocycles. The summed E-state index contributed by atoms with van der Waals surface area (Å²) in [5.74, 6) is 2.16. The molecule has 0 radical (unpaired) electrons. The van der Waals surface area contributed by atoms with Gasteiger partial charge in [-0.3, -0.25) is 4.99 Å². The number of aliphatic hydroxyl groups is 1. The van der Waals surface area contributed by atoms with E-state index in [4.69, 9.17) is 14.5 Å². The van der Waals surface area contributed by atoms with Crippen LogP contribution in [0.2, 0.25) is 0 Å². The number of aliphatic hydroxyl groups excluding tert-OH is 1. The Morgan fingerprint density at radius 3 is 2.75 bits per heavy atom. The van der Waals surface area contributed by atoms with Crippen LogP contribution >= 0.6 is 24.0 Å². The first kappa shape index (κ1) is 25.0. The van der Waals surface area contributed by atoms with E-state index in [9.17, 15) is 5.11 Å². The van der Waals surface area contributed by atoms with Gasteiger partial charge in [0.05, 0.1) is 19.7 Å². The molecule has 1 aliphatic rings. The summed E-state index contributed by atoms with van der Waals surface area (Å²) in [6.45, 7) is 10.7. The number of guanidine groups is 1. The fourth-order valence-corrected chi connectivity index (χ4v) is 3.30. The quantitative estimate of drug-likeness (QED) is 0.197. The second-order valence-electron chi connectivity index (χ2n) is 7.44. The molecule has 2 rings (SSSR count). The summed E-state index contributed by atoms with van der Waals surface area (Å²) in [4.78, 5) is 4.72. The number of hydrogen-bond acceptors (Lipinski definition) is 4. The molecule has 160 valence electrons. The van der Waals surface area contributed by atoms with Gasteiger partial charge >= 0.3 is 0 Å². The minimum absolute atomic E-state index is 0. The number of aliphatic imine (C=N–C) groups is 1. The molecule has 1 unspecified atom stereocenters. The SMILES string of the molecule is CCNC(=NCC1(CCO)CCOC1)NCCOc1ccccc1C(C)C.I. The standard InChI is InChI=1S/C21H35N3O3.HI/c1-4-22-20(24-15-21(9-12-25)10-13-26-16-21)23-11-14-27-19-8-6-5-7-18(19)17(2)3;/h5-8,17,25H,4,9-16H2,1-3H3,(H2,22,23,24);1H. The van der Waals surface area contributed by atoms with E-state index in [-0.39, 0.29) is 36.0 Å². The van der Waals surface area contributed by atoms with Crippen molar-refractivity contribution < 1.29 is 14.6 Å². The number of halogens is 1. The predicted octanol–water partition coefficient (Wildman–Crippen LogP) is 3.15. The van der Waals surface area contributed by atoms with Crippen molar-refractivity contribution in [3.8, 4) is 5.75 Å². The molecule has 3 N–H and O–H groups in total. The van der Waals surface area contributed by atoms with E-state index in [1.165, 1.54) is 5.56 Å². The Balaban J connectivity index is 0.00000392. The molecule has 1 atom stereocenters. The van der Waals surface area contributed by atoms with Crippen molar-refractivity contribution in [2.24, 2.45) is 10.4 Å². The highest BCUT2D eigenvalue weighted by atomic mass is 127. The van der Waals surface area contributed by atoms with Crippen LogP contribution in [0.25, 0.3) is 0 Å². The van der Waals surface area contributed by atoms with E-state index in [0.29, 0.717) is 32.2 Å². The maximum Gasteiger partial charge on any atom is 0.191 e. The van der Waals surface area contributed by atoms with Gasteiger partial charge in [0.25, 0.3) is 0 Å². The fourth-order valence-electron chi connectivity index (χ4n) is 3.30. The number of ether oxygens (including phenoxy) is 2. The molecule has 1 heterocycles. The Labute approximate surface area is 186 Å². The van der Waals surface area contributed by atoms with Crippen molar-refractivity contribution in [1.82, 2.24) is 10.6 Å². The molecular formula is C21H36IN3O3. The summed E-state index contributed by atoms with van der Waals surface area (Å²) >= 11 is 0. The molecule has 6 nitrogen and oxygen atoms in total. The molecule has 0 aliphatic carbocycles. The maximum atomic E-state index is 9.35. The molecule has 0 spiro atoms. The van der Waals surface area contributed by atoms with Crippen LogP contribution in [0, 0.1) is 5.41 Å². The van der Waals surface area contributed by atoms with Crippen molar-refractivity contribution in [1.29, 1.82) is 0 Å². The Morgan fingerprint density at radius 2 is 2.11 bits per heavy atom. The lowest BCUT2D eigenvalue weighted by molar-refractivity contribution is 0.131. The van der Waals surface area contributed by atoms with Gasteiger partial charge in [0.2, 0.25) is 0 Å². The van der Waals surface area contributed by atoms with Crippen LogP contribution < -0.4 is 15.4 Å². The van der Waals surface area contributed by atoms with E-state index in [1.807, 2.05) is 18.2 Å². The van der Waals surface area contributed by atoms with Crippen molar-refractivity contribution in [2.75, 3.05) is 46.1 Å². The Morgan fingerprint density at radius 1 is 1.32 bits per heavy atom. The van der Waals surface area contributed by atoms with Crippen LogP contribution in [-0.4, -0.2) is 57.1 Å². The second kappa shape index (κ2) is 13.2. The van der Waals surface area contributed by atoms with E-state index >= 15 is 0 Å². The summed E-state index contributed by atoms with van der Waals surface area (Å²) in [5.41, 5.74) is 1.19. The zero-order chi connectivity index (χ0) is 19.5. The lowest BCUT2D eigenvalue weighted by atomic mass is 9.84. The number of nitrogens with zero attached hydrogens (tertiary/aromatic N) is 1. The van der Waals surface area contributed by atoms with Crippen LogP contribution in [0.4, 0.5) is 0 Å². The normalized spacial score (nSPS) is 19.4. The number of para-hydroxylation sites is 1. The molecule has 0 saturated carbocycles. The van der Waals surface area contributed by atoms with Gasteiger partial charge in [-0.05, 0) is 37.3 Å². The fraction of sp³-hybridized carbons (Fsp3) is 0.667. The predicted molar refractivity (Wildman–Crippen MR) is 125 cm³/mol. The smallest absolute Gasteiger partial charge is 0.191 e. The van der Waals surface area contributed by atoms with E-state index in [2.05, 4.69) is 37.5 Å². The van der Waals surface area contributed by atoms with E-state index < -0.39 is 0 Å². The zero-order valence-electron chi connectivity index (χ0n) is 17.4. The van der Waals surface area contributed by atoms with Crippen LogP contribution in [-0.2, 0) is 4.74 Å². The minimum atomic E-state index is -0.0379. The Bertz CT molecular complexity index is 590. The average molecular weight is 505 g/mol. The second-order valence-corrected chi connectivity index (χ2v) is 7.44. The topological polar surface area (TPSA) is 75.1 Å². The Kier molecular flexibility index (Phi) is 11.8. The van der Waals surface area contributed by atoms with Crippen molar-refractivity contribution in [2.45, 2.75) is 39.5 Å². The highest BCUT2D eigenvalue weighted by Gasteiger charge is 2.34. The highest BCUT2D eigenvalue weighted by Crippen LogP contribution is 2.32. The summed E-state index contributed by atoms with van der Waals surface area (Å²) in [6.07, 6.45) is 1.68. The third-order valence-electron chi connectivity index (χ3n) is 4.94. The van der Waals surface area contributed by atoms with Crippen LogP contribution in [0.1, 0.15) is 45.1 Å². The number of benzene rings is 1. The van der Waals surface area contributed by atoms with Gasteiger partial charge < -0.3 is 25.2 Å². The monoisotopic (exact) mass is 505 g/mol.